The predicted molar refractivity (Wildman–Crippen MR) is 72.1 cm³/mol. The Kier molecular flexibility index (Phi) is 3.37. The lowest BCUT2D eigenvalue weighted by atomic mass is 10.2. The van der Waals surface area contributed by atoms with Crippen molar-refractivity contribution in [1.29, 1.82) is 0 Å². The SMILES string of the molecule is CN(c1ccc2c(n1)OCCNC2)C1CCCC1. The van der Waals surface area contributed by atoms with E-state index in [2.05, 4.69) is 34.4 Å². The van der Waals surface area contributed by atoms with Crippen molar-refractivity contribution in [2.45, 2.75) is 38.3 Å². The minimum atomic E-state index is 0.652. The van der Waals surface area contributed by atoms with Gasteiger partial charge in [-0.3, -0.25) is 0 Å². The van der Waals surface area contributed by atoms with Crippen molar-refractivity contribution in [3.63, 3.8) is 0 Å². The smallest absolute Gasteiger partial charge is 0.219 e. The van der Waals surface area contributed by atoms with Gasteiger partial charge in [-0.25, -0.2) is 0 Å². The summed E-state index contributed by atoms with van der Waals surface area (Å²) in [6.07, 6.45) is 5.27. The van der Waals surface area contributed by atoms with Gasteiger partial charge in [-0.2, -0.15) is 4.98 Å². The lowest BCUT2D eigenvalue weighted by Crippen LogP contribution is -2.29. The predicted octanol–water partition coefficient (Wildman–Crippen LogP) is 1.94. The van der Waals surface area contributed by atoms with E-state index in [9.17, 15) is 0 Å². The highest BCUT2D eigenvalue weighted by atomic mass is 16.5. The molecule has 1 N–H and O–H groups in total. The number of hydrogen-bond donors (Lipinski definition) is 1. The molecule has 98 valence electrons. The Morgan fingerprint density at radius 3 is 3.00 bits per heavy atom. The van der Waals surface area contributed by atoms with Crippen molar-refractivity contribution in [1.82, 2.24) is 10.3 Å². The molecule has 0 atom stereocenters. The second kappa shape index (κ2) is 5.14. The van der Waals surface area contributed by atoms with Gasteiger partial charge in [0.1, 0.15) is 12.4 Å². The molecule has 1 aliphatic carbocycles. The van der Waals surface area contributed by atoms with Crippen LogP contribution in [0.5, 0.6) is 5.88 Å². The molecule has 4 nitrogen and oxygen atoms in total. The molecule has 1 aromatic rings. The fraction of sp³-hybridized carbons (Fsp3) is 0.643. The van der Waals surface area contributed by atoms with E-state index in [1.807, 2.05) is 0 Å². The Labute approximate surface area is 108 Å². The van der Waals surface area contributed by atoms with Gasteiger partial charge >= 0.3 is 0 Å². The van der Waals surface area contributed by atoms with Crippen LogP contribution in [0.3, 0.4) is 0 Å². The van der Waals surface area contributed by atoms with Gasteiger partial charge in [-0.1, -0.05) is 12.8 Å². The van der Waals surface area contributed by atoms with Crippen LogP contribution in [0.1, 0.15) is 31.2 Å². The van der Waals surface area contributed by atoms with Gasteiger partial charge in [0.2, 0.25) is 5.88 Å². The number of ether oxygens (including phenoxy) is 1. The second-order valence-electron chi connectivity index (χ2n) is 5.21. The van der Waals surface area contributed by atoms with E-state index in [-0.39, 0.29) is 0 Å². The molecule has 4 heteroatoms. The first-order valence-corrected chi connectivity index (χ1v) is 6.91. The average molecular weight is 247 g/mol. The lowest BCUT2D eigenvalue weighted by Gasteiger charge is -2.25. The zero-order chi connectivity index (χ0) is 12.4. The van der Waals surface area contributed by atoms with E-state index in [4.69, 9.17) is 4.74 Å². The summed E-state index contributed by atoms with van der Waals surface area (Å²) in [5, 5.41) is 3.33. The van der Waals surface area contributed by atoms with Gasteiger partial charge in [0.05, 0.1) is 0 Å². The van der Waals surface area contributed by atoms with Gasteiger partial charge in [0, 0.05) is 31.7 Å². The molecule has 1 saturated carbocycles. The zero-order valence-electron chi connectivity index (χ0n) is 11.0. The van der Waals surface area contributed by atoms with Crippen LogP contribution in [-0.4, -0.2) is 31.2 Å². The first-order chi connectivity index (χ1) is 8.84. The molecule has 1 fully saturated rings. The molecule has 18 heavy (non-hydrogen) atoms. The van der Waals surface area contributed by atoms with E-state index < -0.39 is 0 Å². The minimum Gasteiger partial charge on any atom is -0.476 e. The van der Waals surface area contributed by atoms with Gasteiger partial charge in [0.25, 0.3) is 0 Å². The van der Waals surface area contributed by atoms with Crippen LogP contribution in [0.4, 0.5) is 5.82 Å². The second-order valence-corrected chi connectivity index (χ2v) is 5.21. The summed E-state index contributed by atoms with van der Waals surface area (Å²) in [6, 6.07) is 4.91. The summed E-state index contributed by atoms with van der Waals surface area (Å²) < 4.78 is 5.70. The average Bonchev–Trinajstić information content (AvgIpc) is 2.83. The number of hydrogen-bond acceptors (Lipinski definition) is 4. The molecule has 0 unspecified atom stereocenters. The third kappa shape index (κ3) is 2.29. The Morgan fingerprint density at radius 2 is 2.17 bits per heavy atom. The van der Waals surface area contributed by atoms with Crippen molar-refractivity contribution >= 4 is 5.82 Å². The van der Waals surface area contributed by atoms with Crippen molar-refractivity contribution in [3.05, 3.63) is 17.7 Å². The van der Waals surface area contributed by atoms with Crippen molar-refractivity contribution in [2.24, 2.45) is 0 Å². The van der Waals surface area contributed by atoms with E-state index >= 15 is 0 Å². The normalized spacial score (nSPS) is 20.1. The topological polar surface area (TPSA) is 37.4 Å². The highest BCUT2D eigenvalue weighted by molar-refractivity contribution is 5.44. The van der Waals surface area contributed by atoms with Crippen LogP contribution in [0.15, 0.2) is 12.1 Å². The largest absolute Gasteiger partial charge is 0.476 e. The van der Waals surface area contributed by atoms with E-state index in [0.29, 0.717) is 12.6 Å². The lowest BCUT2D eigenvalue weighted by molar-refractivity contribution is 0.314. The quantitative estimate of drug-likeness (QED) is 0.866. The zero-order valence-corrected chi connectivity index (χ0v) is 11.0. The molecule has 0 bridgehead atoms. The maximum Gasteiger partial charge on any atom is 0.219 e. The van der Waals surface area contributed by atoms with Gasteiger partial charge < -0.3 is 15.0 Å². The Bertz CT molecular complexity index is 416. The number of rotatable bonds is 2. The fourth-order valence-corrected chi connectivity index (χ4v) is 2.84. The molecule has 0 spiro atoms. The molecule has 1 aliphatic heterocycles. The van der Waals surface area contributed by atoms with Crippen molar-refractivity contribution in [3.8, 4) is 5.88 Å². The molecular formula is C14H21N3O. The molecule has 0 amide bonds. The molecule has 2 heterocycles. The Hall–Kier alpha value is -1.29. The monoisotopic (exact) mass is 247 g/mol. The molecular weight excluding hydrogens is 226 g/mol. The van der Waals surface area contributed by atoms with Gasteiger partial charge in [-0.05, 0) is 25.0 Å². The molecule has 2 aliphatic rings. The number of anilines is 1. The molecule has 0 saturated heterocycles. The minimum absolute atomic E-state index is 0.652. The fourth-order valence-electron chi connectivity index (χ4n) is 2.84. The molecule has 0 aromatic carbocycles. The highest BCUT2D eigenvalue weighted by Gasteiger charge is 2.21. The number of pyridine rings is 1. The van der Waals surface area contributed by atoms with Crippen LogP contribution < -0.4 is 15.0 Å². The first-order valence-electron chi connectivity index (χ1n) is 6.91. The third-order valence-electron chi connectivity index (χ3n) is 3.99. The summed E-state index contributed by atoms with van der Waals surface area (Å²) in [4.78, 5) is 7.00. The van der Waals surface area contributed by atoms with Gasteiger partial charge in [0.15, 0.2) is 0 Å². The Balaban J connectivity index is 1.82. The summed E-state index contributed by atoms with van der Waals surface area (Å²) >= 11 is 0. The van der Waals surface area contributed by atoms with Crippen LogP contribution in [0.25, 0.3) is 0 Å². The first kappa shape index (κ1) is 11.8. The molecule has 0 radical (unpaired) electrons. The number of aromatic nitrogens is 1. The van der Waals surface area contributed by atoms with Gasteiger partial charge in [-0.15, -0.1) is 0 Å². The highest BCUT2D eigenvalue weighted by Crippen LogP contribution is 2.28. The van der Waals surface area contributed by atoms with Crippen LogP contribution in [-0.2, 0) is 6.54 Å². The summed E-state index contributed by atoms with van der Waals surface area (Å²) in [7, 11) is 2.15. The van der Waals surface area contributed by atoms with Crippen molar-refractivity contribution < 1.29 is 4.74 Å². The summed E-state index contributed by atoms with van der Waals surface area (Å²) in [5.74, 6) is 1.85. The van der Waals surface area contributed by atoms with Crippen molar-refractivity contribution in [2.75, 3.05) is 25.1 Å². The molecule has 3 rings (SSSR count). The maximum absolute atomic E-state index is 5.70. The van der Waals surface area contributed by atoms with E-state index in [0.717, 1.165) is 30.4 Å². The van der Waals surface area contributed by atoms with Crippen LogP contribution in [0.2, 0.25) is 0 Å². The summed E-state index contributed by atoms with van der Waals surface area (Å²) in [5.41, 5.74) is 1.16. The van der Waals surface area contributed by atoms with E-state index in [1.165, 1.54) is 25.7 Å². The third-order valence-corrected chi connectivity index (χ3v) is 3.99. The van der Waals surface area contributed by atoms with Crippen LogP contribution >= 0.6 is 0 Å². The number of nitrogens with one attached hydrogen (secondary N) is 1. The summed E-state index contributed by atoms with van der Waals surface area (Å²) in [6.45, 7) is 2.45. The van der Waals surface area contributed by atoms with Crippen LogP contribution in [0, 0.1) is 0 Å². The maximum atomic E-state index is 5.70. The Morgan fingerprint density at radius 1 is 1.33 bits per heavy atom. The number of nitrogens with zero attached hydrogens (tertiary/aromatic N) is 2. The number of fused-ring (bicyclic) bond motifs is 1. The standard InChI is InChI=1S/C14H21N3O/c1-17(12-4-2-3-5-12)13-7-6-11-10-15-8-9-18-14(11)16-13/h6-7,12,15H,2-5,8-10H2,1H3. The molecule has 1 aromatic heterocycles. The van der Waals surface area contributed by atoms with E-state index in [1.54, 1.807) is 0 Å².